The van der Waals surface area contributed by atoms with Crippen molar-refractivity contribution < 1.29 is 24.7 Å². The number of nitrogens with zero attached hydrogens (tertiary/aromatic N) is 2. The molecule has 0 aliphatic carbocycles. The number of carbonyl (C=O) groups excluding carboxylic acids is 2. The number of guanidine groups is 1. The van der Waals surface area contributed by atoms with Crippen molar-refractivity contribution in [1.82, 2.24) is 10.7 Å². The average molecular weight is 528 g/mol. The van der Waals surface area contributed by atoms with Crippen LogP contribution in [-0.2, 0) is 16.0 Å². The molecule has 0 aliphatic heterocycles. The van der Waals surface area contributed by atoms with Gasteiger partial charge in [0, 0.05) is 29.8 Å². The van der Waals surface area contributed by atoms with Crippen molar-refractivity contribution in [2.45, 2.75) is 51.9 Å². The lowest BCUT2D eigenvalue weighted by Crippen LogP contribution is -2.49. The molecule has 0 unspecified atom stereocenters. The number of rotatable bonds is 14. The van der Waals surface area contributed by atoms with Gasteiger partial charge in [-0.2, -0.15) is 0 Å². The Hall–Kier alpha value is -2.51. The first-order valence-electron chi connectivity index (χ1n) is 10.6. The number of ketones is 1. The van der Waals surface area contributed by atoms with Gasteiger partial charge in [0.15, 0.2) is 5.03 Å². The molecular weight excluding hydrogens is 497 g/mol. The summed E-state index contributed by atoms with van der Waals surface area (Å²) in [6, 6.07) is 7.29. The van der Waals surface area contributed by atoms with Gasteiger partial charge in [-0.05, 0) is 42.9 Å². The van der Waals surface area contributed by atoms with Crippen molar-refractivity contribution in [2.75, 3.05) is 6.54 Å². The first kappa shape index (κ1) is 28.5. The summed E-state index contributed by atoms with van der Waals surface area (Å²) >= 11 is 3.34. The largest absolute Gasteiger partial charge is 0.475 e. The average Bonchev–Trinajstić information content (AvgIpc) is 2.70. The zero-order valence-corrected chi connectivity index (χ0v) is 20.3. The zero-order valence-electron chi connectivity index (χ0n) is 18.7. The third kappa shape index (κ3) is 12.3. The van der Waals surface area contributed by atoms with Crippen molar-refractivity contribution in [3.63, 3.8) is 0 Å². The van der Waals surface area contributed by atoms with Gasteiger partial charge in [-0.15, -0.1) is 0 Å². The van der Waals surface area contributed by atoms with Gasteiger partial charge in [0.1, 0.15) is 5.78 Å². The second kappa shape index (κ2) is 14.6. The number of amides is 1. The number of hydrazine groups is 1. The minimum absolute atomic E-state index is 0.0375. The van der Waals surface area contributed by atoms with Crippen LogP contribution in [-0.4, -0.2) is 52.3 Å². The maximum Gasteiger partial charge on any atom is 0.475 e. The monoisotopic (exact) mass is 527 g/mol. The highest BCUT2D eigenvalue weighted by Crippen LogP contribution is 2.17. The van der Waals surface area contributed by atoms with Crippen LogP contribution in [0.15, 0.2) is 33.7 Å². The number of benzene rings is 1. The Balaban J connectivity index is 2.82. The molecule has 182 valence electrons. The molecule has 1 aromatic rings. The third-order valence-electron chi connectivity index (χ3n) is 4.77. The number of Topliss-reactive ketones (excluding diaryl/α,β-unsaturated/α-hetero) is 1. The fraction of sp³-hybridized carbons (Fsp3) is 0.550. The lowest BCUT2D eigenvalue weighted by atomic mass is 9.74. The second-order valence-corrected chi connectivity index (χ2v) is 9.09. The van der Waals surface area contributed by atoms with E-state index in [-0.39, 0.29) is 43.5 Å². The predicted octanol–water partition coefficient (Wildman–Crippen LogP) is 0.986. The number of aliphatic imine (C=N–C) groups is 1. The van der Waals surface area contributed by atoms with Gasteiger partial charge < -0.3 is 21.1 Å². The van der Waals surface area contributed by atoms with Crippen LogP contribution in [0.25, 0.3) is 0 Å². The Morgan fingerprint density at radius 2 is 1.91 bits per heavy atom. The lowest BCUT2D eigenvalue weighted by molar-refractivity contribution is -0.525. The van der Waals surface area contributed by atoms with Crippen LogP contribution in [0, 0.1) is 22.0 Å². The van der Waals surface area contributed by atoms with Gasteiger partial charge >= 0.3 is 7.12 Å². The highest BCUT2D eigenvalue weighted by molar-refractivity contribution is 9.10. The summed E-state index contributed by atoms with van der Waals surface area (Å²) in [6.07, 6.45) is 1.09. The Kier molecular flexibility index (Phi) is 12.6. The number of nitrogens with one attached hydrogen (secondary N) is 2. The van der Waals surface area contributed by atoms with Crippen LogP contribution in [0.5, 0.6) is 0 Å². The summed E-state index contributed by atoms with van der Waals surface area (Å²) in [4.78, 5) is 39.7. The minimum atomic E-state index is -1.73. The molecule has 0 heterocycles. The third-order valence-corrected chi connectivity index (χ3v) is 5.30. The fourth-order valence-corrected chi connectivity index (χ4v) is 3.50. The highest BCUT2D eigenvalue weighted by atomic mass is 79.9. The molecule has 0 spiro atoms. The first-order valence-corrected chi connectivity index (χ1v) is 11.4. The van der Waals surface area contributed by atoms with E-state index in [2.05, 4.69) is 26.2 Å². The lowest BCUT2D eigenvalue weighted by Gasteiger charge is -2.23. The van der Waals surface area contributed by atoms with Crippen molar-refractivity contribution in [1.29, 1.82) is 0 Å². The van der Waals surface area contributed by atoms with Crippen molar-refractivity contribution in [2.24, 2.45) is 22.6 Å². The molecule has 0 bridgehead atoms. The maximum absolute atomic E-state index is 12.9. The molecule has 6 N–H and O–H groups in total. The summed E-state index contributed by atoms with van der Waals surface area (Å²) < 4.78 is 0.890. The molecule has 0 saturated carbocycles. The van der Waals surface area contributed by atoms with E-state index in [4.69, 9.17) is 5.73 Å². The number of carbonyl (C=O) groups is 2. The van der Waals surface area contributed by atoms with Crippen molar-refractivity contribution in [3.05, 3.63) is 44.4 Å². The summed E-state index contributed by atoms with van der Waals surface area (Å²) in [5.41, 5.74) is 7.92. The Morgan fingerprint density at radius 1 is 1.27 bits per heavy atom. The van der Waals surface area contributed by atoms with E-state index < -0.39 is 29.9 Å². The Morgan fingerprint density at radius 3 is 2.45 bits per heavy atom. The van der Waals surface area contributed by atoms with Crippen LogP contribution in [0.3, 0.4) is 0 Å². The number of halogens is 1. The van der Waals surface area contributed by atoms with Crippen LogP contribution >= 0.6 is 15.9 Å². The summed E-state index contributed by atoms with van der Waals surface area (Å²) in [5.74, 6) is -2.42. The van der Waals surface area contributed by atoms with Crippen LogP contribution in [0.2, 0.25) is 0 Å². The summed E-state index contributed by atoms with van der Waals surface area (Å²) in [5, 5.41) is 31.4. The van der Waals surface area contributed by atoms with Gasteiger partial charge in [-0.3, -0.25) is 9.59 Å². The molecule has 1 aromatic carbocycles. The zero-order chi connectivity index (χ0) is 25.0. The molecule has 33 heavy (non-hydrogen) atoms. The molecular formula is C20H31BBrN5O6. The van der Waals surface area contributed by atoms with Gasteiger partial charge in [0.25, 0.3) is 5.96 Å². The van der Waals surface area contributed by atoms with Crippen molar-refractivity contribution in [3.8, 4) is 0 Å². The molecule has 0 saturated heterocycles. The minimum Gasteiger partial charge on any atom is -0.426 e. The quantitative estimate of drug-likeness (QED) is 0.0592. The smallest absolute Gasteiger partial charge is 0.426 e. The number of nitrogens with two attached hydrogens (primary N) is 1. The molecule has 1 rings (SSSR count). The highest BCUT2D eigenvalue weighted by Gasteiger charge is 2.30. The SMILES string of the molecule is CC(C)C[C@H](NC(=O)[C@H](CCCN=C(N)N[N+](=O)[O-])CC(=O)Cc1ccc(Br)cc1)B(O)O. The molecule has 11 nitrogen and oxygen atoms in total. The number of nitro groups is 1. The van der Waals surface area contributed by atoms with Crippen LogP contribution in [0.1, 0.15) is 45.1 Å². The van der Waals surface area contributed by atoms with Gasteiger partial charge in [-0.25, -0.2) is 15.1 Å². The van der Waals surface area contributed by atoms with E-state index in [0.29, 0.717) is 12.8 Å². The van der Waals surface area contributed by atoms with E-state index in [1.54, 1.807) is 5.43 Å². The summed E-state index contributed by atoms with van der Waals surface area (Å²) in [7, 11) is -1.73. The standard InChI is InChI=1S/C20H31BBrN5O6/c1-13(2)10-18(21(30)31)25-19(29)15(4-3-9-24-20(23)26-27(32)33)12-17(28)11-14-5-7-16(22)8-6-14/h5-8,13,15,18,30-31H,3-4,9-12H2,1-2H3,(H,25,29)(H3,23,24,26)/t15-,18+/m1/s1. The molecule has 0 fully saturated rings. The molecule has 13 heteroatoms. The first-order chi connectivity index (χ1) is 15.5. The molecule has 2 atom stereocenters. The predicted molar refractivity (Wildman–Crippen MR) is 128 cm³/mol. The Labute approximate surface area is 201 Å². The van der Waals surface area contributed by atoms with Crippen molar-refractivity contribution >= 4 is 40.7 Å². The van der Waals surface area contributed by atoms with E-state index in [0.717, 1.165) is 10.0 Å². The van der Waals surface area contributed by atoms with Gasteiger partial charge in [0.2, 0.25) is 5.91 Å². The fourth-order valence-electron chi connectivity index (χ4n) is 3.23. The number of hydrogen-bond donors (Lipinski definition) is 5. The summed E-state index contributed by atoms with van der Waals surface area (Å²) in [6.45, 7) is 3.90. The van der Waals surface area contributed by atoms with Gasteiger partial charge in [-0.1, -0.05) is 47.3 Å². The van der Waals surface area contributed by atoms with E-state index in [1.165, 1.54) is 0 Å². The van der Waals surface area contributed by atoms with Crippen LogP contribution in [0.4, 0.5) is 0 Å². The Bertz CT molecular complexity index is 822. The molecule has 0 aliphatic rings. The normalized spacial score (nSPS) is 13.3. The van der Waals surface area contributed by atoms with E-state index in [9.17, 15) is 29.8 Å². The van der Waals surface area contributed by atoms with Gasteiger partial charge in [0.05, 0.1) is 5.94 Å². The molecule has 0 aromatic heterocycles. The van der Waals surface area contributed by atoms with E-state index in [1.807, 2.05) is 38.1 Å². The maximum atomic E-state index is 12.9. The number of hydrogen-bond acceptors (Lipinski definition) is 7. The van der Waals surface area contributed by atoms with Crippen LogP contribution < -0.4 is 16.5 Å². The van der Waals surface area contributed by atoms with E-state index >= 15 is 0 Å². The topological polar surface area (TPSA) is 180 Å². The molecule has 1 amide bonds. The second-order valence-electron chi connectivity index (χ2n) is 8.18. The molecule has 0 radical (unpaired) electrons.